The molecular weight excluding hydrogens is 494 g/mol. The van der Waals surface area contributed by atoms with E-state index in [0.29, 0.717) is 43.2 Å². The van der Waals surface area contributed by atoms with Crippen molar-refractivity contribution in [1.29, 1.82) is 0 Å². The van der Waals surface area contributed by atoms with E-state index in [1.165, 1.54) is 21.6 Å². The topological polar surface area (TPSA) is 123 Å². The summed E-state index contributed by atoms with van der Waals surface area (Å²) in [6.07, 6.45) is 9.58. The van der Waals surface area contributed by atoms with Crippen molar-refractivity contribution in [3.63, 3.8) is 0 Å². The fourth-order valence-corrected chi connectivity index (χ4v) is 7.05. The highest BCUT2D eigenvalue weighted by Gasteiger charge is 2.47. The van der Waals surface area contributed by atoms with E-state index in [0.717, 1.165) is 44.1 Å². The van der Waals surface area contributed by atoms with Gasteiger partial charge in [-0.25, -0.2) is 12.7 Å². The first kappa shape index (κ1) is 25.7. The number of anilines is 3. The zero-order valence-electron chi connectivity index (χ0n) is 21.1. The Labute approximate surface area is 218 Å². The number of carbonyl (C=O) groups is 2. The second-order valence-corrected chi connectivity index (χ2v) is 11.3. The molecular formula is C26H35N5O5S. The molecule has 1 saturated heterocycles. The standard InChI is InChI=1S/C26H35N5O5S/c1-30-22(11-14-27-30)31(37(34)35)23(18-7-5-3-2-4-6-8-18)24(32)28-19-9-10-20-21(17-19)29-25(33)26(20)12-15-36-16-13-26/h9-11,14,17-18,23,37H,2-8,12-13,15-16H2,1H3,(H,28,32)(H,29,33). The largest absolute Gasteiger partial charge is 0.381 e. The lowest BCUT2D eigenvalue weighted by Crippen LogP contribution is -2.49. The normalized spacial score (nSPS) is 20.6. The average Bonchev–Trinajstić information content (AvgIpc) is 3.38. The smallest absolute Gasteiger partial charge is 0.248 e. The predicted molar refractivity (Wildman–Crippen MR) is 141 cm³/mol. The number of ether oxygens (including phenoxy) is 1. The number of nitrogens with zero attached hydrogens (tertiary/aromatic N) is 3. The highest BCUT2D eigenvalue weighted by molar-refractivity contribution is 7.74. The quantitative estimate of drug-likeness (QED) is 0.494. The van der Waals surface area contributed by atoms with Gasteiger partial charge in [-0.3, -0.25) is 14.3 Å². The number of thiol groups is 1. The second kappa shape index (κ2) is 10.8. The summed E-state index contributed by atoms with van der Waals surface area (Å²) in [4.78, 5) is 26.8. The molecule has 1 aliphatic carbocycles. The van der Waals surface area contributed by atoms with E-state index < -0.39 is 22.3 Å². The lowest BCUT2D eigenvalue weighted by Gasteiger charge is -2.34. The van der Waals surface area contributed by atoms with Crippen molar-refractivity contribution >= 4 is 39.9 Å². The molecule has 1 aromatic heterocycles. The van der Waals surface area contributed by atoms with Crippen molar-refractivity contribution < 1.29 is 22.7 Å². The van der Waals surface area contributed by atoms with Crippen molar-refractivity contribution in [2.45, 2.75) is 69.2 Å². The number of aromatic nitrogens is 2. The van der Waals surface area contributed by atoms with E-state index in [2.05, 4.69) is 15.7 Å². The minimum absolute atomic E-state index is 0.0348. The van der Waals surface area contributed by atoms with Crippen molar-refractivity contribution in [1.82, 2.24) is 9.78 Å². The zero-order chi connectivity index (χ0) is 26.0. The summed E-state index contributed by atoms with van der Waals surface area (Å²) in [5.74, 6) is -0.174. The van der Waals surface area contributed by atoms with E-state index in [-0.39, 0.29) is 17.7 Å². The lowest BCUT2D eigenvalue weighted by molar-refractivity contribution is -0.124. The van der Waals surface area contributed by atoms with Gasteiger partial charge >= 0.3 is 0 Å². The molecule has 2 aromatic rings. The van der Waals surface area contributed by atoms with Crippen LogP contribution in [-0.4, -0.2) is 49.3 Å². The number of carbonyl (C=O) groups excluding carboxylic acids is 2. The first-order chi connectivity index (χ1) is 17.9. The van der Waals surface area contributed by atoms with Crippen LogP contribution in [0.2, 0.25) is 0 Å². The number of nitrogens with one attached hydrogen (secondary N) is 2. The maximum atomic E-state index is 13.9. The summed E-state index contributed by atoms with van der Waals surface area (Å²) in [6, 6.07) is 6.18. The van der Waals surface area contributed by atoms with Gasteiger partial charge in [-0.2, -0.15) is 5.10 Å². The van der Waals surface area contributed by atoms with Gasteiger partial charge in [0, 0.05) is 37.7 Å². The van der Waals surface area contributed by atoms with Crippen LogP contribution in [0.1, 0.15) is 63.4 Å². The molecule has 1 atom stereocenters. The molecule has 1 unspecified atom stereocenters. The van der Waals surface area contributed by atoms with Crippen molar-refractivity contribution in [3.8, 4) is 0 Å². The second-order valence-electron chi connectivity index (χ2n) is 10.3. The first-order valence-electron chi connectivity index (χ1n) is 13.2. The van der Waals surface area contributed by atoms with Gasteiger partial charge in [0.25, 0.3) is 0 Å². The highest BCUT2D eigenvalue weighted by Crippen LogP contribution is 2.45. The van der Waals surface area contributed by atoms with Crippen molar-refractivity contribution in [3.05, 3.63) is 36.0 Å². The Morgan fingerprint density at radius 2 is 1.86 bits per heavy atom. The van der Waals surface area contributed by atoms with Crippen LogP contribution in [0.5, 0.6) is 0 Å². The number of fused-ring (bicyclic) bond motifs is 2. The van der Waals surface area contributed by atoms with Gasteiger partial charge < -0.3 is 15.4 Å². The maximum Gasteiger partial charge on any atom is 0.248 e. The molecule has 2 aliphatic heterocycles. The zero-order valence-corrected chi connectivity index (χ0v) is 22.0. The van der Waals surface area contributed by atoms with Crippen LogP contribution in [0, 0.1) is 5.92 Å². The molecule has 0 radical (unpaired) electrons. The molecule has 200 valence electrons. The van der Waals surface area contributed by atoms with E-state index in [9.17, 15) is 18.0 Å². The Hall–Kier alpha value is -2.92. The van der Waals surface area contributed by atoms with E-state index >= 15 is 0 Å². The SMILES string of the molecule is Cn1nccc1N(C(C(=O)Nc1ccc2c(c1)NC(=O)C21CCOCC1)C1CCCCCCC1)[SH](=O)=O. The summed E-state index contributed by atoms with van der Waals surface area (Å²) < 4.78 is 33.3. The predicted octanol–water partition coefficient (Wildman–Crippen LogP) is 3.12. The van der Waals surface area contributed by atoms with Crippen LogP contribution in [0.3, 0.4) is 0 Å². The summed E-state index contributed by atoms with van der Waals surface area (Å²) in [6.45, 7) is 1.07. The van der Waals surface area contributed by atoms with Gasteiger partial charge in [0.05, 0.1) is 11.6 Å². The minimum atomic E-state index is -3.10. The van der Waals surface area contributed by atoms with Crippen LogP contribution in [0.25, 0.3) is 0 Å². The molecule has 1 spiro atoms. The van der Waals surface area contributed by atoms with Crippen molar-refractivity contribution in [2.24, 2.45) is 13.0 Å². The summed E-state index contributed by atoms with van der Waals surface area (Å²) in [7, 11) is -1.43. The van der Waals surface area contributed by atoms with E-state index in [1.54, 1.807) is 25.2 Å². The first-order valence-corrected chi connectivity index (χ1v) is 14.3. The van der Waals surface area contributed by atoms with Crippen LogP contribution in [-0.2, 0) is 37.7 Å². The Balaban J connectivity index is 1.45. The number of benzene rings is 1. The number of hydrogen-bond acceptors (Lipinski definition) is 6. The molecule has 10 nitrogen and oxygen atoms in total. The van der Waals surface area contributed by atoms with Crippen LogP contribution >= 0.6 is 0 Å². The fourth-order valence-electron chi connectivity index (χ4n) is 6.19. The molecule has 1 aromatic carbocycles. The summed E-state index contributed by atoms with van der Waals surface area (Å²) in [5, 5.41) is 10.1. The number of hydrogen-bond donors (Lipinski definition) is 3. The molecule has 0 bridgehead atoms. The number of rotatable bonds is 6. The van der Waals surface area contributed by atoms with Crippen molar-refractivity contribution in [2.75, 3.05) is 28.2 Å². The molecule has 2 amide bonds. The Bertz CT molecular complexity index is 1220. The average molecular weight is 530 g/mol. The fraction of sp³-hybridized carbons (Fsp3) is 0.577. The van der Waals surface area contributed by atoms with Crippen LogP contribution in [0.4, 0.5) is 17.2 Å². The minimum Gasteiger partial charge on any atom is -0.381 e. The van der Waals surface area contributed by atoms with Crippen LogP contribution < -0.4 is 14.9 Å². The lowest BCUT2D eigenvalue weighted by atomic mass is 9.75. The van der Waals surface area contributed by atoms with Crippen LogP contribution in [0.15, 0.2) is 30.5 Å². The third kappa shape index (κ3) is 4.98. The third-order valence-electron chi connectivity index (χ3n) is 8.17. The van der Waals surface area contributed by atoms with Gasteiger partial charge in [0.15, 0.2) is 0 Å². The van der Waals surface area contributed by atoms with E-state index in [4.69, 9.17) is 4.74 Å². The third-order valence-corrected chi connectivity index (χ3v) is 8.97. The molecule has 1 saturated carbocycles. The van der Waals surface area contributed by atoms with E-state index in [1.807, 2.05) is 6.07 Å². The molecule has 2 N–H and O–H groups in total. The molecule has 37 heavy (non-hydrogen) atoms. The Morgan fingerprint density at radius 1 is 1.16 bits per heavy atom. The summed E-state index contributed by atoms with van der Waals surface area (Å²) >= 11 is 0. The van der Waals surface area contributed by atoms with Gasteiger partial charge in [-0.05, 0) is 49.3 Å². The van der Waals surface area contributed by atoms with Gasteiger partial charge in [-0.1, -0.05) is 38.2 Å². The molecule has 2 fully saturated rings. The van der Waals surface area contributed by atoms with Gasteiger partial charge in [-0.15, -0.1) is 0 Å². The molecule has 3 aliphatic rings. The highest BCUT2D eigenvalue weighted by atomic mass is 32.2. The molecule has 5 rings (SSSR count). The summed E-state index contributed by atoms with van der Waals surface area (Å²) in [5.41, 5.74) is 1.55. The molecule has 3 heterocycles. The monoisotopic (exact) mass is 529 g/mol. The number of amides is 2. The van der Waals surface area contributed by atoms with Gasteiger partial charge in [0.2, 0.25) is 22.7 Å². The number of aryl methyl sites for hydroxylation is 1. The Kier molecular flexibility index (Phi) is 7.52. The Morgan fingerprint density at radius 3 is 2.51 bits per heavy atom. The molecule has 11 heteroatoms. The van der Waals surface area contributed by atoms with Gasteiger partial charge in [0.1, 0.15) is 11.9 Å². The maximum absolute atomic E-state index is 13.9.